The molecule has 0 spiro atoms. The zero-order valence-electron chi connectivity index (χ0n) is 15.6. The third-order valence-electron chi connectivity index (χ3n) is 5.47. The lowest BCUT2D eigenvalue weighted by Gasteiger charge is -2.36. The van der Waals surface area contributed by atoms with E-state index in [9.17, 15) is 0 Å². The van der Waals surface area contributed by atoms with Crippen molar-refractivity contribution >= 4 is 8.80 Å². The summed E-state index contributed by atoms with van der Waals surface area (Å²) in [4.78, 5) is 0. The lowest BCUT2D eigenvalue weighted by Crippen LogP contribution is -2.48. The Morgan fingerprint density at radius 3 is 2.04 bits per heavy atom. The van der Waals surface area contributed by atoms with Crippen molar-refractivity contribution in [2.75, 3.05) is 19.8 Å². The number of allylic oxidation sites excluding steroid dienone is 2. The van der Waals surface area contributed by atoms with Crippen molar-refractivity contribution in [1.29, 1.82) is 0 Å². The molecule has 3 nitrogen and oxygen atoms in total. The molecule has 0 aliphatic heterocycles. The number of rotatable bonds is 12. The highest BCUT2D eigenvalue weighted by Crippen LogP contribution is 2.49. The molecule has 1 saturated carbocycles. The number of hydrogen-bond acceptors (Lipinski definition) is 3. The van der Waals surface area contributed by atoms with Crippen molar-refractivity contribution in [3.05, 3.63) is 12.2 Å². The predicted molar refractivity (Wildman–Crippen MR) is 97.3 cm³/mol. The highest BCUT2D eigenvalue weighted by Gasteiger charge is 2.47. The van der Waals surface area contributed by atoms with E-state index in [2.05, 4.69) is 39.8 Å². The molecule has 134 valence electrons. The van der Waals surface area contributed by atoms with Gasteiger partial charge in [0.05, 0.1) is 0 Å². The van der Waals surface area contributed by atoms with E-state index in [1.165, 1.54) is 32.1 Å². The molecule has 0 aromatic heterocycles. The van der Waals surface area contributed by atoms with Crippen LogP contribution < -0.4 is 0 Å². The van der Waals surface area contributed by atoms with Gasteiger partial charge >= 0.3 is 8.80 Å². The first kappa shape index (κ1) is 19.2. The first-order chi connectivity index (χ1) is 11.2. The Morgan fingerprint density at radius 2 is 1.61 bits per heavy atom. The van der Waals surface area contributed by atoms with Gasteiger partial charge in [0.2, 0.25) is 0 Å². The van der Waals surface area contributed by atoms with Crippen molar-refractivity contribution in [1.82, 2.24) is 0 Å². The quantitative estimate of drug-likeness (QED) is 0.367. The third-order valence-corrected chi connectivity index (χ3v) is 8.68. The summed E-state index contributed by atoms with van der Waals surface area (Å²) < 4.78 is 18.4. The maximum atomic E-state index is 6.14. The van der Waals surface area contributed by atoms with Gasteiger partial charge in [0, 0.05) is 25.9 Å². The van der Waals surface area contributed by atoms with Gasteiger partial charge in [0.1, 0.15) is 0 Å². The molecule has 4 atom stereocenters. The molecule has 2 bridgehead atoms. The van der Waals surface area contributed by atoms with Crippen molar-refractivity contribution in [2.45, 2.75) is 65.8 Å². The molecule has 2 aliphatic carbocycles. The molecule has 0 saturated heterocycles. The molecule has 0 radical (unpaired) electrons. The molecule has 1 fully saturated rings. The van der Waals surface area contributed by atoms with Gasteiger partial charge in [-0.2, -0.15) is 0 Å². The first-order valence-electron chi connectivity index (χ1n) is 9.78. The molecule has 0 amide bonds. The second-order valence-corrected chi connectivity index (χ2v) is 9.67. The molecule has 23 heavy (non-hydrogen) atoms. The smallest absolute Gasteiger partial charge is 0.374 e. The first-order valence-corrected chi connectivity index (χ1v) is 11.7. The fourth-order valence-corrected chi connectivity index (χ4v) is 7.65. The Kier molecular flexibility index (Phi) is 7.79. The minimum Gasteiger partial charge on any atom is -0.374 e. The predicted octanol–water partition coefficient (Wildman–Crippen LogP) is 5.05. The van der Waals surface area contributed by atoms with Crippen LogP contribution in [0.4, 0.5) is 0 Å². The van der Waals surface area contributed by atoms with Gasteiger partial charge in [-0.05, 0) is 57.3 Å². The number of fused-ring (bicyclic) bond motifs is 2. The largest absolute Gasteiger partial charge is 0.501 e. The minimum atomic E-state index is -2.53. The summed E-state index contributed by atoms with van der Waals surface area (Å²) >= 11 is 0. The Bertz CT molecular complexity index is 355. The summed E-state index contributed by atoms with van der Waals surface area (Å²) in [7, 11) is -2.53. The average molecular weight is 341 g/mol. The Morgan fingerprint density at radius 1 is 0.957 bits per heavy atom. The van der Waals surface area contributed by atoms with Crippen molar-refractivity contribution in [3.63, 3.8) is 0 Å². The lowest BCUT2D eigenvalue weighted by atomic mass is 9.80. The van der Waals surface area contributed by atoms with Crippen molar-refractivity contribution < 1.29 is 13.3 Å². The molecule has 2 aliphatic rings. The Labute approximate surface area is 144 Å². The van der Waals surface area contributed by atoms with E-state index in [4.69, 9.17) is 13.3 Å². The Hall–Kier alpha value is -0.163. The Balaban J connectivity index is 2.10. The maximum Gasteiger partial charge on any atom is 0.501 e. The van der Waals surface area contributed by atoms with Crippen LogP contribution in [0.25, 0.3) is 0 Å². The van der Waals surface area contributed by atoms with Crippen LogP contribution in [0.5, 0.6) is 0 Å². The van der Waals surface area contributed by atoms with E-state index in [-0.39, 0.29) is 0 Å². The summed E-state index contributed by atoms with van der Waals surface area (Å²) in [6.45, 7) is 10.5. The van der Waals surface area contributed by atoms with Crippen LogP contribution in [0.1, 0.15) is 59.8 Å². The van der Waals surface area contributed by atoms with Crippen LogP contribution in [0.2, 0.25) is 6.04 Å². The molecule has 0 aromatic carbocycles. The van der Waals surface area contributed by atoms with Crippen LogP contribution in [0.15, 0.2) is 12.2 Å². The van der Waals surface area contributed by atoms with E-state index in [1.807, 2.05) is 0 Å². The minimum absolute atomic E-state index is 0.684. The van der Waals surface area contributed by atoms with E-state index in [0.717, 1.165) is 23.8 Å². The summed E-state index contributed by atoms with van der Waals surface area (Å²) in [6.07, 6.45) is 11.5. The van der Waals surface area contributed by atoms with Crippen LogP contribution >= 0.6 is 0 Å². The molecule has 4 heteroatoms. The van der Waals surface area contributed by atoms with Crippen LogP contribution in [-0.2, 0) is 13.3 Å². The highest BCUT2D eigenvalue weighted by atomic mass is 28.4. The SMILES string of the molecule is CCCCC(C[Si](OCC)(OCC)OCC)C1CC2C=CC1C2. The molecule has 4 unspecified atom stereocenters. The topological polar surface area (TPSA) is 27.7 Å². The molecule has 0 heterocycles. The second kappa shape index (κ2) is 9.35. The number of unbranched alkanes of at least 4 members (excludes halogenated alkanes) is 1. The third kappa shape index (κ3) is 4.91. The normalized spacial score (nSPS) is 27.7. The summed E-state index contributed by atoms with van der Waals surface area (Å²) in [5.74, 6) is 3.12. The van der Waals surface area contributed by atoms with Gasteiger partial charge in [-0.3, -0.25) is 0 Å². The van der Waals surface area contributed by atoms with Crippen LogP contribution in [0.3, 0.4) is 0 Å². The fraction of sp³-hybridized carbons (Fsp3) is 0.895. The highest BCUT2D eigenvalue weighted by molar-refractivity contribution is 6.60. The molecular formula is C19H36O3Si. The summed E-state index contributed by atoms with van der Waals surface area (Å²) in [5.41, 5.74) is 0. The molecule has 0 N–H and O–H groups in total. The van der Waals surface area contributed by atoms with Crippen LogP contribution in [0, 0.1) is 23.7 Å². The molecule has 2 rings (SSSR count). The van der Waals surface area contributed by atoms with Gasteiger partial charge in [-0.1, -0.05) is 38.3 Å². The van der Waals surface area contributed by atoms with Gasteiger partial charge in [-0.25, -0.2) is 0 Å². The zero-order valence-corrected chi connectivity index (χ0v) is 16.6. The monoisotopic (exact) mass is 340 g/mol. The van der Waals surface area contributed by atoms with Crippen molar-refractivity contribution in [3.8, 4) is 0 Å². The van der Waals surface area contributed by atoms with E-state index < -0.39 is 8.80 Å². The summed E-state index contributed by atoms with van der Waals surface area (Å²) in [5, 5.41) is 0. The average Bonchev–Trinajstić information content (AvgIpc) is 3.15. The van der Waals surface area contributed by atoms with E-state index in [1.54, 1.807) is 0 Å². The molecule has 0 aromatic rings. The van der Waals surface area contributed by atoms with Gasteiger partial charge < -0.3 is 13.3 Å². The number of hydrogen-bond donors (Lipinski definition) is 0. The van der Waals surface area contributed by atoms with E-state index in [0.29, 0.717) is 25.7 Å². The van der Waals surface area contributed by atoms with Crippen molar-refractivity contribution in [2.24, 2.45) is 23.7 Å². The summed E-state index contributed by atoms with van der Waals surface area (Å²) in [6, 6.07) is 1.00. The maximum absolute atomic E-state index is 6.14. The molecular weight excluding hydrogens is 304 g/mol. The lowest BCUT2D eigenvalue weighted by molar-refractivity contribution is 0.0619. The van der Waals surface area contributed by atoms with Gasteiger partial charge in [0.15, 0.2) is 0 Å². The van der Waals surface area contributed by atoms with E-state index >= 15 is 0 Å². The standard InChI is InChI=1S/C19H36O3Si/c1-5-9-10-18(19-14-16-11-12-17(19)13-16)15-23(20-6-2,21-7-3)22-8-4/h11-12,16-19H,5-10,13-15H2,1-4H3. The second-order valence-electron chi connectivity index (χ2n) is 7.03. The van der Waals surface area contributed by atoms with Crippen LogP contribution in [-0.4, -0.2) is 28.6 Å². The van der Waals surface area contributed by atoms with Gasteiger partial charge in [0.25, 0.3) is 0 Å². The fourth-order valence-electron chi connectivity index (χ4n) is 4.58. The van der Waals surface area contributed by atoms with Gasteiger partial charge in [-0.15, -0.1) is 0 Å². The zero-order chi connectivity index (χ0) is 16.7.